The summed E-state index contributed by atoms with van der Waals surface area (Å²) in [7, 11) is 0. The third kappa shape index (κ3) is 2.79. The predicted octanol–water partition coefficient (Wildman–Crippen LogP) is 4.10. The van der Waals surface area contributed by atoms with Crippen LogP contribution in [0.3, 0.4) is 0 Å². The zero-order valence-corrected chi connectivity index (χ0v) is 11.8. The summed E-state index contributed by atoms with van der Waals surface area (Å²) in [4.78, 5) is 0. The number of benzene rings is 1. The molecule has 2 aromatic rings. The quantitative estimate of drug-likeness (QED) is 0.922. The zero-order valence-electron chi connectivity index (χ0n) is 10.3. The van der Waals surface area contributed by atoms with Gasteiger partial charge in [0.05, 0.1) is 15.7 Å². The molecule has 0 amide bonds. The molecule has 0 aliphatic carbocycles. The second-order valence-electron chi connectivity index (χ2n) is 4.68. The molecule has 0 fully saturated rings. The Hall–Kier alpha value is -1.19. The molecular weight excluding hydrogens is 269 g/mol. The first-order valence-electron chi connectivity index (χ1n) is 5.75. The van der Waals surface area contributed by atoms with Crippen molar-refractivity contribution in [1.82, 2.24) is 9.78 Å². The van der Waals surface area contributed by atoms with Crippen LogP contribution in [0, 0.1) is 5.92 Å². The monoisotopic (exact) mass is 283 g/mol. The summed E-state index contributed by atoms with van der Waals surface area (Å²) in [6.45, 7) is 5.11. The number of hydrogen-bond donors (Lipinski definition) is 1. The van der Waals surface area contributed by atoms with Gasteiger partial charge in [0.15, 0.2) is 0 Å². The van der Waals surface area contributed by atoms with E-state index >= 15 is 0 Å². The molecule has 0 unspecified atom stereocenters. The molecule has 0 aliphatic rings. The van der Waals surface area contributed by atoms with Gasteiger partial charge in [-0.3, -0.25) is 4.68 Å². The molecule has 1 heterocycles. The number of aromatic nitrogens is 2. The minimum Gasteiger partial charge on any atom is -0.396 e. The smallest absolute Gasteiger partial charge is 0.115 e. The molecule has 0 bridgehead atoms. The lowest BCUT2D eigenvalue weighted by molar-refractivity contribution is 0.484. The van der Waals surface area contributed by atoms with Gasteiger partial charge in [0, 0.05) is 18.3 Å². The third-order valence-electron chi connectivity index (χ3n) is 2.54. The maximum absolute atomic E-state index is 6.00. The van der Waals surface area contributed by atoms with Crippen molar-refractivity contribution in [3.63, 3.8) is 0 Å². The Morgan fingerprint density at radius 3 is 2.61 bits per heavy atom. The van der Waals surface area contributed by atoms with Gasteiger partial charge in [-0.05, 0) is 18.1 Å². The summed E-state index contributed by atoms with van der Waals surface area (Å²) in [5, 5.41) is 5.52. The van der Waals surface area contributed by atoms with Gasteiger partial charge in [-0.1, -0.05) is 43.1 Å². The molecule has 0 atom stereocenters. The molecule has 2 rings (SSSR count). The van der Waals surface area contributed by atoms with Gasteiger partial charge in [-0.2, -0.15) is 5.10 Å². The molecule has 18 heavy (non-hydrogen) atoms. The summed E-state index contributed by atoms with van der Waals surface area (Å²) in [6, 6.07) is 5.40. The van der Waals surface area contributed by atoms with Gasteiger partial charge >= 0.3 is 0 Å². The zero-order chi connectivity index (χ0) is 13.3. The number of rotatable bonds is 3. The van der Waals surface area contributed by atoms with Gasteiger partial charge in [0.2, 0.25) is 0 Å². The van der Waals surface area contributed by atoms with E-state index < -0.39 is 0 Å². The lowest BCUT2D eigenvalue weighted by atomic mass is 10.1. The maximum atomic E-state index is 6.00. The first-order valence-corrected chi connectivity index (χ1v) is 6.51. The van der Waals surface area contributed by atoms with E-state index in [0.717, 1.165) is 17.8 Å². The topological polar surface area (TPSA) is 43.8 Å². The molecule has 0 aliphatic heterocycles. The largest absolute Gasteiger partial charge is 0.396 e. The Bertz CT molecular complexity index is 561. The second-order valence-corrected chi connectivity index (χ2v) is 5.49. The van der Waals surface area contributed by atoms with Gasteiger partial charge in [-0.25, -0.2) is 0 Å². The van der Waals surface area contributed by atoms with E-state index in [1.165, 1.54) is 0 Å². The lowest BCUT2D eigenvalue weighted by Gasteiger charge is -2.04. The Morgan fingerprint density at radius 1 is 1.28 bits per heavy atom. The average molecular weight is 284 g/mol. The molecule has 3 nitrogen and oxygen atoms in total. The van der Waals surface area contributed by atoms with E-state index in [1.807, 2.05) is 16.9 Å². The first-order chi connectivity index (χ1) is 8.47. The maximum Gasteiger partial charge on any atom is 0.115 e. The van der Waals surface area contributed by atoms with Crippen LogP contribution in [0.15, 0.2) is 24.4 Å². The van der Waals surface area contributed by atoms with Crippen LogP contribution in [0.4, 0.5) is 5.69 Å². The van der Waals surface area contributed by atoms with Crippen molar-refractivity contribution >= 4 is 28.9 Å². The van der Waals surface area contributed by atoms with E-state index in [9.17, 15) is 0 Å². The molecule has 0 saturated carbocycles. The molecule has 5 heteroatoms. The van der Waals surface area contributed by atoms with Crippen molar-refractivity contribution in [1.29, 1.82) is 0 Å². The third-order valence-corrected chi connectivity index (χ3v) is 3.27. The van der Waals surface area contributed by atoms with Crippen LogP contribution in [0.25, 0.3) is 11.3 Å². The van der Waals surface area contributed by atoms with Gasteiger partial charge in [-0.15, -0.1) is 0 Å². The van der Waals surface area contributed by atoms with Crippen LogP contribution in [0.1, 0.15) is 13.8 Å². The highest BCUT2D eigenvalue weighted by Crippen LogP contribution is 2.30. The molecule has 0 spiro atoms. The molecule has 0 saturated heterocycles. The van der Waals surface area contributed by atoms with Crippen LogP contribution in [0.5, 0.6) is 0 Å². The predicted molar refractivity (Wildman–Crippen MR) is 76.9 cm³/mol. The lowest BCUT2D eigenvalue weighted by Crippen LogP contribution is -2.04. The van der Waals surface area contributed by atoms with Gasteiger partial charge < -0.3 is 5.73 Å². The summed E-state index contributed by atoms with van der Waals surface area (Å²) >= 11 is 11.9. The molecule has 2 N–H and O–H groups in total. The van der Waals surface area contributed by atoms with Crippen LogP contribution in [0.2, 0.25) is 10.0 Å². The highest BCUT2D eigenvalue weighted by molar-refractivity contribution is 6.42. The van der Waals surface area contributed by atoms with Crippen LogP contribution in [-0.2, 0) is 6.54 Å². The highest BCUT2D eigenvalue weighted by Gasteiger charge is 2.10. The van der Waals surface area contributed by atoms with E-state index in [4.69, 9.17) is 28.9 Å². The van der Waals surface area contributed by atoms with Gasteiger partial charge in [0.25, 0.3) is 0 Å². The molecule has 1 aromatic carbocycles. The molecular formula is C13H15Cl2N3. The second kappa shape index (κ2) is 5.21. The Labute approximate surface area is 117 Å². The fourth-order valence-corrected chi connectivity index (χ4v) is 2.07. The SMILES string of the molecule is CC(C)Cn1cc(N)c(-c2ccc(Cl)c(Cl)c2)n1. The van der Waals surface area contributed by atoms with Crippen molar-refractivity contribution < 1.29 is 0 Å². The first kappa shape index (κ1) is 13.2. The minimum absolute atomic E-state index is 0.506. The number of nitrogen functional groups attached to an aromatic ring is 1. The van der Waals surface area contributed by atoms with E-state index in [-0.39, 0.29) is 0 Å². The van der Waals surface area contributed by atoms with Crippen molar-refractivity contribution in [2.45, 2.75) is 20.4 Å². The van der Waals surface area contributed by atoms with Crippen molar-refractivity contribution in [3.8, 4) is 11.3 Å². The standard InChI is InChI=1S/C13H15Cl2N3/c1-8(2)6-18-7-12(16)13(17-18)9-3-4-10(14)11(15)5-9/h3-5,7-8H,6,16H2,1-2H3. The molecule has 0 radical (unpaired) electrons. The van der Waals surface area contributed by atoms with Crippen LogP contribution in [-0.4, -0.2) is 9.78 Å². The minimum atomic E-state index is 0.506. The van der Waals surface area contributed by atoms with Crippen LogP contribution >= 0.6 is 23.2 Å². The van der Waals surface area contributed by atoms with Crippen molar-refractivity contribution in [3.05, 3.63) is 34.4 Å². The number of nitrogens with two attached hydrogens (primary N) is 1. The normalized spacial score (nSPS) is 11.2. The summed E-state index contributed by atoms with van der Waals surface area (Å²) < 4.78 is 1.86. The fraction of sp³-hybridized carbons (Fsp3) is 0.308. The van der Waals surface area contributed by atoms with Crippen LogP contribution < -0.4 is 5.73 Å². The number of anilines is 1. The summed E-state index contributed by atoms with van der Waals surface area (Å²) in [5.74, 6) is 0.519. The van der Waals surface area contributed by atoms with E-state index in [1.54, 1.807) is 12.1 Å². The van der Waals surface area contributed by atoms with E-state index in [2.05, 4.69) is 18.9 Å². The Balaban J connectivity index is 2.38. The van der Waals surface area contributed by atoms with E-state index in [0.29, 0.717) is 21.7 Å². The van der Waals surface area contributed by atoms with Crippen molar-refractivity contribution in [2.75, 3.05) is 5.73 Å². The Morgan fingerprint density at radius 2 is 2.00 bits per heavy atom. The van der Waals surface area contributed by atoms with Gasteiger partial charge in [0.1, 0.15) is 5.69 Å². The summed E-state index contributed by atoms with van der Waals surface area (Å²) in [6.07, 6.45) is 1.85. The van der Waals surface area contributed by atoms with Crippen molar-refractivity contribution in [2.24, 2.45) is 5.92 Å². The summed E-state index contributed by atoms with van der Waals surface area (Å²) in [5.41, 5.74) is 8.25. The average Bonchev–Trinajstić information content (AvgIpc) is 2.62. The molecule has 96 valence electrons. The Kier molecular flexibility index (Phi) is 3.83. The number of nitrogens with zero attached hydrogens (tertiary/aromatic N) is 2. The molecule has 1 aromatic heterocycles. The number of halogens is 2. The highest BCUT2D eigenvalue weighted by atomic mass is 35.5. The fourth-order valence-electron chi connectivity index (χ4n) is 1.77. The number of hydrogen-bond acceptors (Lipinski definition) is 2.